The molecule has 2 aromatic rings. The van der Waals surface area contributed by atoms with Crippen molar-refractivity contribution in [1.82, 2.24) is 35.9 Å². The maximum Gasteiger partial charge on any atom is 0.225 e. The van der Waals surface area contributed by atoms with E-state index in [1.165, 1.54) is 6.42 Å². The highest BCUT2D eigenvalue weighted by atomic mass is 16.2. The van der Waals surface area contributed by atoms with Gasteiger partial charge in [0.25, 0.3) is 0 Å². The average molecular weight is 396 g/mol. The van der Waals surface area contributed by atoms with Gasteiger partial charge in [-0.25, -0.2) is 4.98 Å². The normalized spacial score (nSPS) is 29.4. The van der Waals surface area contributed by atoms with Gasteiger partial charge in [-0.2, -0.15) is 0 Å². The molecule has 3 aliphatic rings. The van der Waals surface area contributed by atoms with Crippen LogP contribution in [0.25, 0.3) is 5.82 Å². The second-order valence-electron chi connectivity index (χ2n) is 8.42. The number of nitrogens with one attached hydrogen (secondary N) is 3. The molecule has 1 aliphatic carbocycles. The van der Waals surface area contributed by atoms with Gasteiger partial charge in [0.2, 0.25) is 5.91 Å². The molecule has 1 amide bonds. The molecule has 2 aliphatic heterocycles. The standard InChI is InChI=1S/C20H28N8O/c29-20(23-16-4-3-14-11-22-24-17(14)10-16)15-2-1-8-27(12-15)18-5-6-19(26-25-18)28-9-7-21-13-28/h5-7,9,13-17,22,24H,1-4,8,10-12H2,(H,23,29). The lowest BCUT2D eigenvalue weighted by Crippen LogP contribution is -2.49. The predicted molar refractivity (Wildman–Crippen MR) is 108 cm³/mol. The number of piperidine rings is 1. The van der Waals surface area contributed by atoms with E-state index in [9.17, 15) is 4.79 Å². The molecule has 2 aromatic heterocycles. The van der Waals surface area contributed by atoms with Gasteiger partial charge in [-0.3, -0.25) is 20.2 Å². The molecule has 29 heavy (non-hydrogen) atoms. The summed E-state index contributed by atoms with van der Waals surface area (Å²) in [6.45, 7) is 2.65. The molecule has 0 bridgehead atoms. The van der Waals surface area contributed by atoms with Crippen LogP contribution < -0.4 is 21.1 Å². The van der Waals surface area contributed by atoms with Crippen LogP contribution in [0.4, 0.5) is 5.82 Å². The fraction of sp³-hybridized carbons (Fsp3) is 0.600. The van der Waals surface area contributed by atoms with Crippen LogP contribution in [0.3, 0.4) is 0 Å². The first kappa shape index (κ1) is 18.5. The molecule has 1 saturated carbocycles. The van der Waals surface area contributed by atoms with Crippen molar-refractivity contribution < 1.29 is 4.79 Å². The highest BCUT2D eigenvalue weighted by Gasteiger charge is 2.35. The molecule has 4 atom stereocenters. The van der Waals surface area contributed by atoms with Crippen LogP contribution in [0.2, 0.25) is 0 Å². The summed E-state index contributed by atoms with van der Waals surface area (Å²) in [5, 5.41) is 12.0. The van der Waals surface area contributed by atoms with Crippen LogP contribution in [0.15, 0.2) is 30.9 Å². The third-order valence-electron chi connectivity index (χ3n) is 6.51. The van der Waals surface area contributed by atoms with Gasteiger partial charge in [-0.1, -0.05) is 0 Å². The zero-order valence-electron chi connectivity index (χ0n) is 16.5. The predicted octanol–water partition coefficient (Wildman–Crippen LogP) is 0.640. The number of rotatable bonds is 4. The Kier molecular flexibility index (Phi) is 5.15. The summed E-state index contributed by atoms with van der Waals surface area (Å²) in [7, 11) is 0. The SMILES string of the molecule is O=C(NC1CCC2CNNC2C1)C1CCCN(c2ccc(-n3ccnc3)nn2)C1. The Balaban J connectivity index is 1.18. The third-order valence-corrected chi connectivity index (χ3v) is 6.51. The van der Waals surface area contributed by atoms with Crippen LogP contribution in [0.5, 0.6) is 0 Å². The summed E-state index contributed by atoms with van der Waals surface area (Å²) in [5.74, 6) is 2.46. The van der Waals surface area contributed by atoms with Gasteiger partial charge in [0, 0.05) is 44.1 Å². The number of aromatic nitrogens is 4. The summed E-state index contributed by atoms with van der Waals surface area (Å²) >= 11 is 0. The first-order valence-corrected chi connectivity index (χ1v) is 10.6. The fourth-order valence-electron chi connectivity index (χ4n) is 4.84. The molecule has 0 radical (unpaired) electrons. The second-order valence-corrected chi connectivity index (χ2v) is 8.42. The molecule has 9 nitrogen and oxygen atoms in total. The van der Waals surface area contributed by atoms with Gasteiger partial charge < -0.3 is 10.2 Å². The molecule has 4 unspecified atom stereocenters. The monoisotopic (exact) mass is 396 g/mol. The van der Waals surface area contributed by atoms with Gasteiger partial charge in [0.15, 0.2) is 11.6 Å². The van der Waals surface area contributed by atoms with Crippen LogP contribution in [-0.4, -0.2) is 57.4 Å². The molecule has 154 valence electrons. The topological polar surface area (TPSA) is 100 Å². The van der Waals surface area contributed by atoms with Crippen LogP contribution in [-0.2, 0) is 4.79 Å². The van der Waals surface area contributed by atoms with Gasteiger partial charge in [0.1, 0.15) is 6.33 Å². The quantitative estimate of drug-likeness (QED) is 0.697. The second kappa shape index (κ2) is 8.08. The third kappa shape index (κ3) is 3.97. The van der Waals surface area contributed by atoms with E-state index in [-0.39, 0.29) is 17.9 Å². The minimum Gasteiger partial charge on any atom is -0.354 e. The number of imidazole rings is 1. The van der Waals surface area contributed by atoms with Crippen molar-refractivity contribution in [2.45, 2.75) is 44.2 Å². The minimum absolute atomic E-state index is 0.00580. The summed E-state index contributed by atoms with van der Waals surface area (Å²) in [5.41, 5.74) is 6.61. The van der Waals surface area contributed by atoms with Crippen molar-refractivity contribution in [1.29, 1.82) is 0 Å². The Morgan fingerprint density at radius 3 is 2.90 bits per heavy atom. The Labute approximate surface area is 170 Å². The molecular weight excluding hydrogens is 368 g/mol. The van der Waals surface area contributed by atoms with Crippen molar-refractivity contribution in [2.75, 3.05) is 24.5 Å². The number of hydrogen-bond donors (Lipinski definition) is 3. The lowest BCUT2D eigenvalue weighted by molar-refractivity contribution is -0.126. The largest absolute Gasteiger partial charge is 0.354 e. The van der Waals surface area contributed by atoms with Crippen molar-refractivity contribution in [2.24, 2.45) is 11.8 Å². The number of anilines is 1. The first-order chi connectivity index (χ1) is 14.3. The molecular formula is C20H28N8O. The van der Waals surface area contributed by atoms with E-state index in [1.807, 2.05) is 22.9 Å². The average Bonchev–Trinajstić information content (AvgIpc) is 3.46. The van der Waals surface area contributed by atoms with Gasteiger partial charge in [-0.15, -0.1) is 10.2 Å². The lowest BCUT2D eigenvalue weighted by Gasteiger charge is -2.35. The molecule has 5 rings (SSSR count). The molecule has 3 fully saturated rings. The summed E-state index contributed by atoms with van der Waals surface area (Å²) in [4.78, 5) is 19.1. The smallest absolute Gasteiger partial charge is 0.225 e. The summed E-state index contributed by atoms with van der Waals surface area (Å²) in [6, 6.07) is 4.68. The van der Waals surface area contributed by atoms with E-state index in [1.54, 1.807) is 12.5 Å². The van der Waals surface area contributed by atoms with Gasteiger partial charge >= 0.3 is 0 Å². The first-order valence-electron chi connectivity index (χ1n) is 10.6. The van der Waals surface area contributed by atoms with E-state index in [2.05, 4.69) is 36.2 Å². The Bertz CT molecular complexity index is 824. The molecule has 2 saturated heterocycles. The summed E-state index contributed by atoms with van der Waals surface area (Å²) in [6.07, 6.45) is 10.5. The maximum atomic E-state index is 12.9. The Morgan fingerprint density at radius 2 is 2.07 bits per heavy atom. The van der Waals surface area contributed by atoms with Gasteiger partial charge in [-0.05, 0) is 50.2 Å². The molecule has 4 heterocycles. The number of hydrogen-bond acceptors (Lipinski definition) is 7. The zero-order chi connectivity index (χ0) is 19.6. The highest BCUT2D eigenvalue weighted by Crippen LogP contribution is 2.28. The van der Waals surface area contributed by atoms with E-state index in [0.29, 0.717) is 18.5 Å². The highest BCUT2D eigenvalue weighted by molar-refractivity contribution is 5.79. The van der Waals surface area contributed by atoms with E-state index in [4.69, 9.17) is 0 Å². The van der Waals surface area contributed by atoms with E-state index in [0.717, 1.165) is 50.4 Å². The van der Waals surface area contributed by atoms with Crippen molar-refractivity contribution in [3.8, 4) is 5.82 Å². The zero-order valence-corrected chi connectivity index (χ0v) is 16.5. The van der Waals surface area contributed by atoms with E-state index >= 15 is 0 Å². The van der Waals surface area contributed by atoms with E-state index < -0.39 is 0 Å². The van der Waals surface area contributed by atoms with Crippen LogP contribution >= 0.6 is 0 Å². The van der Waals surface area contributed by atoms with Gasteiger partial charge in [0.05, 0.1) is 5.92 Å². The van der Waals surface area contributed by atoms with Crippen LogP contribution in [0, 0.1) is 11.8 Å². The number of hydrazine groups is 1. The minimum atomic E-state index is 0.00580. The molecule has 0 spiro atoms. The molecule has 9 heteroatoms. The lowest BCUT2D eigenvalue weighted by atomic mass is 9.83. The Hall–Kier alpha value is -2.52. The van der Waals surface area contributed by atoms with Crippen molar-refractivity contribution >= 4 is 11.7 Å². The van der Waals surface area contributed by atoms with Crippen LogP contribution in [0.1, 0.15) is 32.1 Å². The molecule has 3 N–H and O–H groups in total. The number of amides is 1. The number of carbonyl (C=O) groups excluding carboxylic acids is 1. The number of nitrogens with zero attached hydrogens (tertiary/aromatic N) is 5. The van der Waals surface area contributed by atoms with Crippen molar-refractivity contribution in [3.63, 3.8) is 0 Å². The summed E-state index contributed by atoms with van der Waals surface area (Å²) < 4.78 is 1.83. The van der Waals surface area contributed by atoms with Crippen molar-refractivity contribution in [3.05, 3.63) is 30.9 Å². The number of carbonyl (C=O) groups is 1. The molecule has 0 aromatic carbocycles. The maximum absolute atomic E-state index is 12.9. The Morgan fingerprint density at radius 1 is 1.17 bits per heavy atom. The fourth-order valence-corrected chi connectivity index (χ4v) is 4.84. The number of fused-ring (bicyclic) bond motifs is 1.